The van der Waals surface area contributed by atoms with Crippen molar-refractivity contribution in [2.45, 2.75) is 32.1 Å². The molecule has 0 aliphatic heterocycles. The fourth-order valence-electron chi connectivity index (χ4n) is 1.49. The summed E-state index contributed by atoms with van der Waals surface area (Å²) >= 11 is 0. The van der Waals surface area contributed by atoms with Gasteiger partial charge in [0.05, 0.1) is 0 Å². The second-order valence-electron chi connectivity index (χ2n) is 4.17. The number of alkyl halides is 2. The molecule has 1 nitrogen and oxygen atoms in total. The summed E-state index contributed by atoms with van der Waals surface area (Å²) in [5, 5.41) is 0. The Morgan fingerprint density at radius 1 is 1.31 bits per heavy atom. The van der Waals surface area contributed by atoms with Crippen molar-refractivity contribution in [2.24, 2.45) is 5.92 Å². The van der Waals surface area contributed by atoms with E-state index in [1.54, 1.807) is 37.3 Å². The van der Waals surface area contributed by atoms with E-state index in [9.17, 15) is 13.6 Å². The van der Waals surface area contributed by atoms with Gasteiger partial charge in [-0.05, 0) is 12.0 Å². The number of halogens is 2. The Bertz CT molecular complexity index is 322. The molecule has 0 heterocycles. The number of hydrogen-bond acceptors (Lipinski definition) is 1. The zero-order chi connectivity index (χ0) is 12.0. The summed E-state index contributed by atoms with van der Waals surface area (Å²) in [6, 6.07) is 8.68. The third-order valence-electron chi connectivity index (χ3n) is 2.50. The molecule has 3 heteroatoms. The molecule has 1 aromatic rings. The van der Waals surface area contributed by atoms with E-state index in [4.69, 9.17) is 0 Å². The van der Waals surface area contributed by atoms with Crippen molar-refractivity contribution in [1.29, 1.82) is 0 Å². The summed E-state index contributed by atoms with van der Waals surface area (Å²) in [4.78, 5) is 10.3. The molecule has 1 aromatic carbocycles. The van der Waals surface area contributed by atoms with E-state index in [1.165, 1.54) is 0 Å². The lowest BCUT2D eigenvalue weighted by Crippen LogP contribution is -2.20. The Balaban J connectivity index is 2.48. The van der Waals surface area contributed by atoms with E-state index in [1.807, 2.05) is 0 Å². The van der Waals surface area contributed by atoms with Crippen LogP contribution in [0.3, 0.4) is 0 Å². The fourth-order valence-corrected chi connectivity index (χ4v) is 1.49. The van der Waals surface area contributed by atoms with E-state index < -0.39 is 5.92 Å². The highest BCUT2D eigenvalue weighted by molar-refractivity contribution is 5.52. The fraction of sp³-hybridized carbons (Fsp3) is 0.462. The van der Waals surface area contributed by atoms with Gasteiger partial charge < -0.3 is 4.79 Å². The Hall–Kier alpha value is -1.25. The van der Waals surface area contributed by atoms with Gasteiger partial charge in [-0.15, -0.1) is 0 Å². The van der Waals surface area contributed by atoms with Gasteiger partial charge in [-0.3, -0.25) is 0 Å². The maximum absolute atomic E-state index is 13.5. The van der Waals surface area contributed by atoms with Crippen molar-refractivity contribution in [2.75, 3.05) is 0 Å². The van der Waals surface area contributed by atoms with Crippen molar-refractivity contribution in [3.8, 4) is 0 Å². The third-order valence-corrected chi connectivity index (χ3v) is 2.50. The largest absolute Gasteiger partial charge is 0.303 e. The molecule has 88 valence electrons. The van der Waals surface area contributed by atoms with Gasteiger partial charge in [-0.1, -0.05) is 37.3 Å². The predicted molar refractivity (Wildman–Crippen MR) is 59.6 cm³/mol. The van der Waals surface area contributed by atoms with Crippen molar-refractivity contribution < 1.29 is 13.6 Å². The molecular formula is C13H16F2O. The van der Waals surface area contributed by atoms with Crippen LogP contribution in [0.15, 0.2) is 30.3 Å². The monoisotopic (exact) mass is 226 g/mol. The molecule has 0 radical (unpaired) electrons. The molecule has 0 aliphatic carbocycles. The van der Waals surface area contributed by atoms with Crippen LogP contribution in [0.2, 0.25) is 0 Å². The molecule has 1 rings (SSSR count). The lowest BCUT2D eigenvalue weighted by Gasteiger charge is -2.17. The van der Waals surface area contributed by atoms with Gasteiger partial charge in [0.2, 0.25) is 0 Å². The van der Waals surface area contributed by atoms with Crippen LogP contribution in [0, 0.1) is 5.92 Å². The molecule has 0 saturated heterocycles. The van der Waals surface area contributed by atoms with Gasteiger partial charge in [-0.25, -0.2) is 8.78 Å². The van der Waals surface area contributed by atoms with Crippen LogP contribution in [0.5, 0.6) is 0 Å². The van der Waals surface area contributed by atoms with Crippen LogP contribution in [0.1, 0.15) is 25.3 Å². The Morgan fingerprint density at radius 2 is 1.94 bits per heavy atom. The van der Waals surface area contributed by atoms with Gasteiger partial charge in [0.15, 0.2) is 0 Å². The number of carbonyl (C=O) groups is 1. The van der Waals surface area contributed by atoms with Gasteiger partial charge in [0, 0.05) is 18.8 Å². The van der Waals surface area contributed by atoms with Gasteiger partial charge in [-0.2, -0.15) is 0 Å². The van der Waals surface area contributed by atoms with Crippen LogP contribution in [-0.4, -0.2) is 12.2 Å². The van der Waals surface area contributed by atoms with E-state index in [0.29, 0.717) is 5.56 Å². The average Bonchev–Trinajstić information content (AvgIpc) is 2.27. The first-order valence-corrected chi connectivity index (χ1v) is 5.40. The normalized spacial score (nSPS) is 13.4. The van der Waals surface area contributed by atoms with E-state index in [2.05, 4.69) is 0 Å². The molecule has 0 unspecified atom stereocenters. The van der Waals surface area contributed by atoms with Crippen molar-refractivity contribution >= 4 is 6.29 Å². The average molecular weight is 226 g/mol. The van der Waals surface area contributed by atoms with E-state index in [0.717, 1.165) is 6.29 Å². The van der Waals surface area contributed by atoms with E-state index >= 15 is 0 Å². The van der Waals surface area contributed by atoms with Crippen molar-refractivity contribution in [3.63, 3.8) is 0 Å². The number of benzene rings is 1. The highest BCUT2D eigenvalue weighted by Crippen LogP contribution is 2.26. The van der Waals surface area contributed by atoms with Crippen LogP contribution >= 0.6 is 0 Å². The zero-order valence-electron chi connectivity index (χ0n) is 9.33. The molecule has 0 aliphatic rings. The van der Waals surface area contributed by atoms with E-state index in [-0.39, 0.29) is 25.2 Å². The maximum Gasteiger partial charge on any atom is 0.252 e. The minimum absolute atomic E-state index is 0.234. The molecule has 1 atom stereocenters. The molecule has 0 N–H and O–H groups in total. The SMILES string of the molecule is C[C@H](C=O)CCC(F)(F)Cc1ccccc1. The molecule has 0 saturated carbocycles. The quantitative estimate of drug-likeness (QED) is 0.679. The summed E-state index contributed by atoms with van der Waals surface area (Å²) < 4.78 is 27.0. The first-order chi connectivity index (χ1) is 7.53. The molecule has 0 spiro atoms. The molecular weight excluding hydrogens is 210 g/mol. The van der Waals surface area contributed by atoms with Gasteiger partial charge in [0.25, 0.3) is 5.92 Å². The summed E-state index contributed by atoms with van der Waals surface area (Å²) in [7, 11) is 0. The number of rotatable bonds is 6. The Labute approximate surface area is 94.5 Å². The second-order valence-corrected chi connectivity index (χ2v) is 4.17. The summed E-state index contributed by atoms with van der Waals surface area (Å²) in [5.41, 5.74) is 0.631. The zero-order valence-corrected chi connectivity index (χ0v) is 9.33. The van der Waals surface area contributed by atoms with Gasteiger partial charge >= 0.3 is 0 Å². The summed E-state index contributed by atoms with van der Waals surface area (Å²) in [5.74, 6) is -3.01. The highest BCUT2D eigenvalue weighted by atomic mass is 19.3. The minimum Gasteiger partial charge on any atom is -0.303 e. The summed E-state index contributed by atoms with van der Waals surface area (Å²) in [6.07, 6.45) is 0.475. The van der Waals surface area contributed by atoms with Crippen molar-refractivity contribution in [1.82, 2.24) is 0 Å². The second kappa shape index (κ2) is 5.73. The van der Waals surface area contributed by atoms with Crippen molar-refractivity contribution in [3.05, 3.63) is 35.9 Å². The Kier molecular flexibility index (Phi) is 4.59. The number of aldehydes is 1. The van der Waals surface area contributed by atoms with Crippen LogP contribution < -0.4 is 0 Å². The predicted octanol–water partition coefficient (Wildman–Crippen LogP) is 3.48. The van der Waals surface area contributed by atoms with Gasteiger partial charge in [0.1, 0.15) is 6.29 Å². The molecule has 16 heavy (non-hydrogen) atoms. The summed E-state index contributed by atoms with van der Waals surface area (Å²) in [6.45, 7) is 1.66. The molecule has 0 amide bonds. The topological polar surface area (TPSA) is 17.1 Å². The number of carbonyl (C=O) groups excluding carboxylic acids is 1. The maximum atomic E-state index is 13.5. The lowest BCUT2D eigenvalue weighted by atomic mass is 9.99. The van der Waals surface area contributed by atoms with Crippen LogP contribution in [0.4, 0.5) is 8.78 Å². The molecule has 0 bridgehead atoms. The lowest BCUT2D eigenvalue weighted by molar-refractivity contribution is -0.111. The first kappa shape index (κ1) is 12.8. The Morgan fingerprint density at radius 3 is 2.50 bits per heavy atom. The number of hydrogen-bond donors (Lipinski definition) is 0. The minimum atomic E-state index is -2.72. The first-order valence-electron chi connectivity index (χ1n) is 5.40. The molecule has 0 aromatic heterocycles. The molecule has 0 fully saturated rings. The standard InChI is InChI=1S/C13H16F2O/c1-11(10-16)7-8-13(14,15)9-12-5-3-2-4-6-12/h2-6,10-11H,7-9H2,1H3/t11-/m0/s1. The van der Waals surface area contributed by atoms with Crippen LogP contribution in [-0.2, 0) is 11.2 Å². The smallest absolute Gasteiger partial charge is 0.252 e. The third kappa shape index (κ3) is 4.51. The van der Waals surface area contributed by atoms with Crippen LogP contribution in [0.25, 0.3) is 0 Å². The highest BCUT2D eigenvalue weighted by Gasteiger charge is 2.29.